The van der Waals surface area contributed by atoms with Crippen LogP contribution in [0.3, 0.4) is 0 Å². The van der Waals surface area contributed by atoms with Gasteiger partial charge in [-0.1, -0.05) is 18.2 Å². The van der Waals surface area contributed by atoms with E-state index in [-0.39, 0.29) is 19.0 Å². The van der Waals surface area contributed by atoms with Crippen molar-refractivity contribution in [3.63, 3.8) is 0 Å². The topological polar surface area (TPSA) is 69.6 Å². The molecule has 0 bridgehead atoms. The SMILES string of the molecule is C#CCCCNC(=O)N(CCC(=O)O)c1ccccc1C. The van der Waals surface area contributed by atoms with Crippen molar-refractivity contribution in [1.82, 2.24) is 5.32 Å². The molecule has 0 aliphatic rings. The number of aliphatic carboxylic acids is 1. The van der Waals surface area contributed by atoms with E-state index in [4.69, 9.17) is 11.5 Å². The van der Waals surface area contributed by atoms with E-state index in [1.54, 1.807) is 6.07 Å². The molecular weight excluding hydrogens is 268 g/mol. The van der Waals surface area contributed by atoms with Crippen molar-refractivity contribution in [2.24, 2.45) is 0 Å². The van der Waals surface area contributed by atoms with Crippen LogP contribution in [0.15, 0.2) is 24.3 Å². The fourth-order valence-electron chi connectivity index (χ4n) is 1.89. The standard InChI is InChI=1S/C16H20N2O3/c1-3-4-7-11-17-16(21)18(12-10-15(19)20)14-9-6-5-8-13(14)2/h1,5-6,8-9H,4,7,10-12H2,2H3,(H,17,21)(H,19,20). The number of anilines is 1. The Morgan fingerprint density at radius 1 is 1.38 bits per heavy atom. The van der Waals surface area contributed by atoms with Crippen LogP contribution in [0.4, 0.5) is 10.5 Å². The van der Waals surface area contributed by atoms with E-state index in [0.29, 0.717) is 25.1 Å². The summed E-state index contributed by atoms with van der Waals surface area (Å²) in [5.74, 6) is 1.57. The summed E-state index contributed by atoms with van der Waals surface area (Å²) >= 11 is 0. The highest BCUT2D eigenvalue weighted by Crippen LogP contribution is 2.19. The van der Waals surface area contributed by atoms with Gasteiger partial charge in [-0.15, -0.1) is 12.3 Å². The zero-order chi connectivity index (χ0) is 15.7. The number of carbonyl (C=O) groups excluding carboxylic acids is 1. The Hall–Kier alpha value is -2.48. The first-order valence-corrected chi connectivity index (χ1v) is 6.82. The summed E-state index contributed by atoms with van der Waals surface area (Å²) in [7, 11) is 0. The molecule has 1 aromatic rings. The molecule has 112 valence electrons. The van der Waals surface area contributed by atoms with Crippen molar-refractivity contribution in [3.05, 3.63) is 29.8 Å². The summed E-state index contributed by atoms with van der Waals surface area (Å²) in [6, 6.07) is 7.08. The molecule has 0 aliphatic carbocycles. The number of para-hydroxylation sites is 1. The molecule has 0 fully saturated rings. The van der Waals surface area contributed by atoms with Gasteiger partial charge in [0.05, 0.1) is 6.42 Å². The van der Waals surface area contributed by atoms with E-state index >= 15 is 0 Å². The Morgan fingerprint density at radius 2 is 2.10 bits per heavy atom. The molecule has 0 saturated heterocycles. The highest BCUT2D eigenvalue weighted by Gasteiger charge is 2.17. The van der Waals surface area contributed by atoms with Gasteiger partial charge in [-0.3, -0.25) is 9.69 Å². The van der Waals surface area contributed by atoms with Crippen molar-refractivity contribution >= 4 is 17.7 Å². The number of hydrogen-bond acceptors (Lipinski definition) is 2. The number of urea groups is 1. The molecular formula is C16H20N2O3. The van der Waals surface area contributed by atoms with E-state index in [1.165, 1.54) is 4.90 Å². The van der Waals surface area contributed by atoms with Gasteiger partial charge < -0.3 is 10.4 Å². The molecule has 2 amide bonds. The summed E-state index contributed by atoms with van der Waals surface area (Å²) in [4.78, 5) is 24.5. The zero-order valence-corrected chi connectivity index (χ0v) is 12.1. The summed E-state index contributed by atoms with van der Waals surface area (Å²) in [6.45, 7) is 2.48. The van der Waals surface area contributed by atoms with E-state index < -0.39 is 5.97 Å². The largest absolute Gasteiger partial charge is 0.481 e. The first kappa shape index (κ1) is 16.6. The number of benzene rings is 1. The lowest BCUT2D eigenvalue weighted by Crippen LogP contribution is -2.42. The van der Waals surface area contributed by atoms with Gasteiger partial charge in [0, 0.05) is 25.2 Å². The normalized spacial score (nSPS) is 9.71. The Balaban J connectivity index is 2.77. The molecule has 0 aromatic heterocycles. The maximum Gasteiger partial charge on any atom is 0.321 e. The van der Waals surface area contributed by atoms with Gasteiger partial charge in [-0.05, 0) is 25.0 Å². The van der Waals surface area contributed by atoms with Gasteiger partial charge in [0.2, 0.25) is 0 Å². The van der Waals surface area contributed by atoms with Crippen molar-refractivity contribution < 1.29 is 14.7 Å². The number of rotatable bonds is 7. The maximum atomic E-state index is 12.2. The number of nitrogens with one attached hydrogen (secondary N) is 1. The molecule has 1 rings (SSSR count). The molecule has 1 aromatic carbocycles. The Bertz CT molecular complexity index is 535. The number of carbonyl (C=O) groups is 2. The minimum absolute atomic E-state index is 0.105. The highest BCUT2D eigenvalue weighted by molar-refractivity contribution is 5.93. The van der Waals surface area contributed by atoms with Crippen LogP contribution in [-0.2, 0) is 4.79 Å². The van der Waals surface area contributed by atoms with Gasteiger partial charge in [0.15, 0.2) is 0 Å². The molecule has 0 spiro atoms. The molecule has 0 aliphatic heterocycles. The summed E-state index contributed by atoms with van der Waals surface area (Å²) < 4.78 is 0. The third kappa shape index (κ3) is 5.57. The molecule has 21 heavy (non-hydrogen) atoms. The lowest BCUT2D eigenvalue weighted by atomic mass is 10.2. The average molecular weight is 288 g/mol. The van der Waals surface area contributed by atoms with E-state index in [1.807, 2.05) is 25.1 Å². The number of carboxylic acid groups (broad SMARTS) is 1. The minimum atomic E-state index is -0.936. The van der Waals surface area contributed by atoms with Gasteiger partial charge in [0.25, 0.3) is 0 Å². The van der Waals surface area contributed by atoms with Crippen LogP contribution in [0.25, 0.3) is 0 Å². The molecule has 2 N–H and O–H groups in total. The fraction of sp³-hybridized carbons (Fsp3) is 0.375. The number of carboxylic acids is 1. The Morgan fingerprint density at radius 3 is 2.71 bits per heavy atom. The maximum absolute atomic E-state index is 12.2. The van der Waals surface area contributed by atoms with Gasteiger partial charge in [-0.25, -0.2) is 4.79 Å². The second-order valence-corrected chi connectivity index (χ2v) is 4.62. The van der Waals surface area contributed by atoms with Crippen LogP contribution >= 0.6 is 0 Å². The molecule has 0 radical (unpaired) electrons. The number of nitrogens with zero attached hydrogens (tertiary/aromatic N) is 1. The second kappa shape index (κ2) is 8.64. The number of terminal acetylenes is 1. The van der Waals surface area contributed by atoms with E-state index in [2.05, 4.69) is 11.2 Å². The second-order valence-electron chi connectivity index (χ2n) is 4.62. The first-order valence-electron chi connectivity index (χ1n) is 6.82. The van der Waals surface area contributed by atoms with Crippen LogP contribution in [-0.4, -0.2) is 30.2 Å². The number of hydrogen-bond donors (Lipinski definition) is 2. The molecule has 0 saturated carbocycles. The van der Waals surface area contributed by atoms with Crippen molar-refractivity contribution in [2.75, 3.05) is 18.0 Å². The molecule has 5 heteroatoms. The summed E-state index contributed by atoms with van der Waals surface area (Å²) in [6.07, 6.45) is 6.35. The summed E-state index contributed by atoms with van der Waals surface area (Å²) in [5, 5.41) is 11.6. The summed E-state index contributed by atoms with van der Waals surface area (Å²) in [5.41, 5.74) is 1.63. The molecule has 0 atom stereocenters. The molecule has 0 heterocycles. The van der Waals surface area contributed by atoms with Crippen molar-refractivity contribution in [2.45, 2.75) is 26.2 Å². The highest BCUT2D eigenvalue weighted by atomic mass is 16.4. The Kier molecular flexibility index (Phi) is 6.82. The van der Waals surface area contributed by atoms with E-state index in [9.17, 15) is 9.59 Å². The Labute approximate surface area is 125 Å². The van der Waals surface area contributed by atoms with E-state index in [0.717, 1.165) is 5.56 Å². The first-order chi connectivity index (χ1) is 10.1. The lowest BCUT2D eigenvalue weighted by molar-refractivity contribution is -0.136. The number of unbranched alkanes of at least 4 members (excludes halogenated alkanes) is 1. The third-order valence-corrected chi connectivity index (χ3v) is 2.97. The fourth-order valence-corrected chi connectivity index (χ4v) is 1.89. The average Bonchev–Trinajstić information content (AvgIpc) is 2.45. The predicted octanol–water partition coefficient (Wildman–Crippen LogP) is 2.40. The zero-order valence-electron chi connectivity index (χ0n) is 12.1. The van der Waals surface area contributed by atoms with Gasteiger partial charge >= 0.3 is 12.0 Å². The minimum Gasteiger partial charge on any atom is -0.481 e. The van der Waals surface area contributed by atoms with Crippen molar-refractivity contribution in [3.8, 4) is 12.3 Å². The monoisotopic (exact) mass is 288 g/mol. The van der Waals surface area contributed by atoms with Gasteiger partial charge in [0.1, 0.15) is 0 Å². The molecule has 5 nitrogen and oxygen atoms in total. The lowest BCUT2D eigenvalue weighted by Gasteiger charge is -2.24. The van der Waals surface area contributed by atoms with Gasteiger partial charge in [-0.2, -0.15) is 0 Å². The van der Waals surface area contributed by atoms with Crippen LogP contribution < -0.4 is 10.2 Å². The van der Waals surface area contributed by atoms with Crippen LogP contribution in [0.5, 0.6) is 0 Å². The number of amides is 2. The van der Waals surface area contributed by atoms with Crippen LogP contribution in [0.2, 0.25) is 0 Å². The molecule has 0 unspecified atom stereocenters. The van der Waals surface area contributed by atoms with Crippen LogP contribution in [0, 0.1) is 19.3 Å². The quantitative estimate of drug-likeness (QED) is 0.598. The number of aryl methyl sites for hydroxylation is 1. The third-order valence-electron chi connectivity index (χ3n) is 2.97. The smallest absolute Gasteiger partial charge is 0.321 e. The predicted molar refractivity (Wildman–Crippen MR) is 82.2 cm³/mol. The van der Waals surface area contributed by atoms with Crippen LogP contribution in [0.1, 0.15) is 24.8 Å². The van der Waals surface area contributed by atoms with Crippen molar-refractivity contribution in [1.29, 1.82) is 0 Å².